The zero-order valence-corrected chi connectivity index (χ0v) is 52.0. The minimum Gasteiger partial charge on any atom is -0.462 e. The van der Waals surface area contributed by atoms with Crippen molar-refractivity contribution < 1.29 is 28.6 Å². The van der Waals surface area contributed by atoms with E-state index >= 15 is 0 Å². The van der Waals surface area contributed by atoms with Crippen LogP contribution in [0.1, 0.15) is 265 Å². The minimum atomic E-state index is -0.823. The molecule has 0 aromatic carbocycles. The molecule has 0 fully saturated rings. The third kappa shape index (κ3) is 65.5. The maximum Gasteiger partial charge on any atom is 0.306 e. The summed E-state index contributed by atoms with van der Waals surface area (Å²) in [6.45, 7) is 6.22. The summed E-state index contributed by atoms with van der Waals surface area (Å²) >= 11 is 0. The van der Waals surface area contributed by atoms with Crippen molar-refractivity contribution in [2.75, 3.05) is 13.2 Å². The van der Waals surface area contributed by atoms with Crippen molar-refractivity contribution in [1.29, 1.82) is 0 Å². The lowest BCUT2D eigenvalue weighted by molar-refractivity contribution is -0.166. The fourth-order valence-corrected chi connectivity index (χ4v) is 8.45. The molecule has 6 heteroatoms. The molecule has 454 valence electrons. The Morgan fingerprint density at radius 3 is 0.765 bits per heavy atom. The Balaban J connectivity index is 4.38. The lowest BCUT2D eigenvalue weighted by atomic mass is 10.1. The second-order valence-corrected chi connectivity index (χ2v) is 20.9. The van der Waals surface area contributed by atoms with Gasteiger partial charge in [-0.1, -0.05) is 281 Å². The van der Waals surface area contributed by atoms with Gasteiger partial charge >= 0.3 is 17.9 Å². The molecule has 0 radical (unpaired) electrons. The van der Waals surface area contributed by atoms with Gasteiger partial charge in [0.05, 0.1) is 0 Å². The van der Waals surface area contributed by atoms with Gasteiger partial charge in [-0.3, -0.25) is 14.4 Å². The van der Waals surface area contributed by atoms with E-state index in [1.165, 1.54) is 77.0 Å². The molecule has 81 heavy (non-hydrogen) atoms. The van der Waals surface area contributed by atoms with Crippen LogP contribution < -0.4 is 0 Å². The molecule has 0 bridgehead atoms. The summed E-state index contributed by atoms with van der Waals surface area (Å²) in [4.78, 5) is 38.3. The first-order valence-electron chi connectivity index (χ1n) is 32.6. The highest BCUT2D eigenvalue weighted by atomic mass is 16.6. The van der Waals surface area contributed by atoms with Gasteiger partial charge in [-0.2, -0.15) is 0 Å². The van der Waals surface area contributed by atoms with Crippen LogP contribution in [0, 0.1) is 0 Å². The Hall–Kier alpha value is -5.23. The molecule has 0 aliphatic carbocycles. The standard InChI is InChI=1S/C75H118O6/c1-4-7-10-13-16-19-22-25-27-29-31-33-34-35-36-37-38-39-40-42-43-45-47-50-53-56-59-62-65-68-74(77)80-71-72(70-79-73(76)67-64-61-58-55-52-49-24-21-18-15-12-9-6-3)81-75(78)69-66-63-60-57-54-51-48-46-44-41-32-30-28-26-23-20-17-14-11-8-5-2/h7-12,16-21,25-28,31-33,35-36,38-39,41,49,52,58,61,72H,4-6,13-15,22-24,29-30,34,37,40,42-48,50-51,53-57,59-60,62-71H2,1-3H3/b10-7-,11-8-,12-9-,19-16-,20-17-,21-18-,27-25-,28-26-,33-31-,36-35-,39-38-,41-32-,52-49-,61-58-. The predicted molar refractivity (Wildman–Crippen MR) is 352 cm³/mol. The van der Waals surface area contributed by atoms with E-state index in [2.05, 4.69) is 185 Å². The van der Waals surface area contributed by atoms with Crippen molar-refractivity contribution in [2.24, 2.45) is 0 Å². The van der Waals surface area contributed by atoms with Crippen molar-refractivity contribution in [2.45, 2.75) is 271 Å². The van der Waals surface area contributed by atoms with E-state index in [-0.39, 0.29) is 37.5 Å². The van der Waals surface area contributed by atoms with E-state index in [1.54, 1.807) is 0 Å². The zero-order valence-electron chi connectivity index (χ0n) is 52.0. The van der Waals surface area contributed by atoms with Gasteiger partial charge in [-0.25, -0.2) is 0 Å². The van der Waals surface area contributed by atoms with E-state index in [0.717, 1.165) is 141 Å². The second kappa shape index (κ2) is 67.3. The quantitative estimate of drug-likeness (QED) is 0.0261. The van der Waals surface area contributed by atoms with Crippen LogP contribution in [0.4, 0.5) is 0 Å². The SMILES string of the molecule is CC/C=C\C/C=C\C/C=C\C/C=C\C/C=C\C/C=C\CCCCCCCCCCCCC(=O)OCC(COC(=O)CC/C=C\C/C=C\C/C=C\C/C=C\CC)OC(=O)CCCCCCCCCC/C=C\C/C=C\C/C=C\C/C=C\CC. The number of hydrogen-bond donors (Lipinski definition) is 0. The van der Waals surface area contributed by atoms with Gasteiger partial charge in [0.25, 0.3) is 0 Å². The van der Waals surface area contributed by atoms with Gasteiger partial charge in [-0.15, -0.1) is 0 Å². The molecule has 0 spiro atoms. The molecule has 1 atom stereocenters. The Morgan fingerprint density at radius 1 is 0.247 bits per heavy atom. The van der Waals surface area contributed by atoms with Crippen molar-refractivity contribution in [3.8, 4) is 0 Å². The van der Waals surface area contributed by atoms with Crippen LogP contribution >= 0.6 is 0 Å². The summed E-state index contributed by atoms with van der Waals surface area (Å²) in [7, 11) is 0. The van der Waals surface area contributed by atoms with Crippen LogP contribution in [0.25, 0.3) is 0 Å². The molecule has 6 nitrogen and oxygen atoms in total. The topological polar surface area (TPSA) is 78.9 Å². The molecule has 0 aliphatic rings. The Bertz CT molecular complexity index is 1860. The lowest BCUT2D eigenvalue weighted by Crippen LogP contribution is -2.30. The molecule has 0 heterocycles. The van der Waals surface area contributed by atoms with E-state index in [9.17, 15) is 14.4 Å². The predicted octanol–water partition coefficient (Wildman–Crippen LogP) is 22.7. The fourth-order valence-electron chi connectivity index (χ4n) is 8.45. The normalized spacial score (nSPS) is 13.3. The summed E-state index contributed by atoms with van der Waals surface area (Å²) in [5, 5.41) is 0. The van der Waals surface area contributed by atoms with Gasteiger partial charge in [0.15, 0.2) is 6.10 Å². The third-order valence-corrected chi connectivity index (χ3v) is 13.2. The number of allylic oxidation sites excluding steroid dienone is 28. The second-order valence-electron chi connectivity index (χ2n) is 20.9. The summed E-state index contributed by atoms with van der Waals surface area (Å²) in [5.41, 5.74) is 0. The first kappa shape index (κ1) is 75.8. The van der Waals surface area contributed by atoms with Gasteiger partial charge in [0.2, 0.25) is 0 Å². The molecule has 0 amide bonds. The molecule has 0 rings (SSSR count). The number of unbranched alkanes of at least 4 members (excludes halogenated alkanes) is 18. The highest BCUT2D eigenvalue weighted by Crippen LogP contribution is 2.15. The van der Waals surface area contributed by atoms with Gasteiger partial charge < -0.3 is 14.2 Å². The zero-order chi connectivity index (χ0) is 58.5. The van der Waals surface area contributed by atoms with Crippen molar-refractivity contribution in [3.05, 3.63) is 170 Å². The van der Waals surface area contributed by atoms with Gasteiger partial charge in [-0.05, 0) is 135 Å². The summed E-state index contributed by atoms with van der Waals surface area (Å²) in [5.74, 6) is -1.01. The summed E-state index contributed by atoms with van der Waals surface area (Å²) < 4.78 is 16.8. The summed E-state index contributed by atoms with van der Waals surface area (Å²) in [6, 6.07) is 0. The maximum absolute atomic E-state index is 12.9. The van der Waals surface area contributed by atoms with E-state index in [0.29, 0.717) is 19.3 Å². The molecule has 0 aliphatic heterocycles. The largest absolute Gasteiger partial charge is 0.462 e. The van der Waals surface area contributed by atoms with Crippen LogP contribution in [-0.4, -0.2) is 37.2 Å². The highest BCUT2D eigenvalue weighted by molar-refractivity contribution is 5.71. The van der Waals surface area contributed by atoms with E-state index < -0.39 is 6.10 Å². The van der Waals surface area contributed by atoms with Crippen LogP contribution in [0.5, 0.6) is 0 Å². The first-order valence-corrected chi connectivity index (χ1v) is 32.6. The monoisotopic (exact) mass is 1110 g/mol. The van der Waals surface area contributed by atoms with Crippen molar-refractivity contribution >= 4 is 17.9 Å². The Morgan fingerprint density at radius 2 is 0.469 bits per heavy atom. The van der Waals surface area contributed by atoms with Crippen molar-refractivity contribution in [3.63, 3.8) is 0 Å². The Kier molecular flexibility index (Phi) is 62.9. The number of carbonyl (C=O) groups excluding carboxylic acids is 3. The molecular weight excluding hydrogens is 997 g/mol. The van der Waals surface area contributed by atoms with Crippen molar-refractivity contribution in [1.82, 2.24) is 0 Å². The smallest absolute Gasteiger partial charge is 0.306 e. The molecule has 1 unspecified atom stereocenters. The fraction of sp³-hybridized carbons (Fsp3) is 0.587. The van der Waals surface area contributed by atoms with Crippen LogP contribution in [-0.2, 0) is 28.6 Å². The third-order valence-electron chi connectivity index (χ3n) is 13.2. The lowest BCUT2D eigenvalue weighted by Gasteiger charge is -2.18. The summed E-state index contributed by atoms with van der Waals surface area (Å²) in [6.07, 6.45) is 99.5. The van der Waals surface area contributed by atoms with E-state index in [4.69, 9.17) is 14.2 Å². The average Bonchev–Trinajstić information content (AvgIpc) is 3.46. The van der Waals surface area contributed by atoms with Gasteiger partial charge in [0, 0.05) is 19.3 Å². The molecule has 0 N–H and O–H groups in total. The molecule has 0 saturated heterocycles. The molecular formula is C75H118O6. The Labute approximate surface area is 498 Å². The molecule has 0 aromatic rings. The number of carbonyl (C=O) groups is 3. The van der Waals surface area contributed by atoms with Crippen LogP contribution in [0.15, 0.2) is 170 Å². The molecule has 0 aromatic heterocycles. The molecule has 0 saturated carbocycles. The van der Waals surface area contributed by atoms with Gasteiger partial charge in [0.1, 0.15) is 13.2 Å². The number of esters is 3. The van der Waals surface area contributed by atoms with Crippen LogP contribution in [0.3, 0.4) is 0 Å². The number of ether oxygens (including phenoxy) is 3. The maximum atomic E-state index is 12.9. The first-order chi connectivity index (χ1) is 40.0. The van der Waals surface area contributed by atoms with E-state index in [1.807, 2.05) is 6.08 Å². The average molecular weight is 1120 g/mol. The minimum absolute atomic E-state index is 0.113. The van der Waals surface area contributed by atoms with Crippen LogP contribution in [0.2, 0.25) is 0 Å². The highest BCUT2D eigenvalue weighted by Gasteiger charge is 2.19. The number of hydrogen-bond acceptors (Lipinski definition) is 6. The number of rotatable bonds is 57.